The predicted molar refractivity (Wildman–Crippen MR) is 93.2 cm³/mol. The van der Waals surface area contributed by atoms with Crippen LogP contribution in [0.1, 0.15) is 15.9 Å². The second-order valence-electron chi connectivity index (χ2n) is 4.96. The first-order chi connectivity index (χ1) is 11.8. The third-order valence-electron chi connectivity index (χ3n) is 3.26. The van der Waals surface area contributed by atoms with Gasteiger partial charge in [0, 0.05) is 17.3 Å². The Kier molecular flexibility index (Phi) is 5.95. The van der Waals surface area contributed by atoms with Crippen LogP contribution in [0.5, 0.6) is 0 Å². The Bertz CT molecular complexity index is 854. The van der Waals surface area contributed by atoms with E-state index in [2.05, 4.69) is 5.32 Å². The molecule has 2 aromatic rings. The molecule has 0 fully saturated rings. The molecule has 0 spiro atoms. The first-order valence-corrected chi connectivity index (χ1v) is 7.71. The van der Waals surface area contributed by atoms with Crippen LogP contribution in [0.4, 0.5) is 11.4 Å². The van der Waals surface area contributed by atoms with Crippen LogP contribution >= 0.6 is 23.2 Å². The van der Waals surface area contributed by atoms with Crippen LogP contribution in [-0.4, -0.2) is 23.4 Å². The minimum Gasteiger partial charge on any atom is -0.452 e. The van der Waals surface area contributed by atoms with Crippen molar-refractivity contribution in [1.82, 2.24) is 0 Å². The third kappa shape index (κ3) is 4.68. The minimum absolute atomic E-state index is 0.0246. The first kappa shape index (κ1) is 18.7. The van der Waals surface area contributed by atoms with Crippen molar-refractivity contribution in [2.24, 2.45) is 0 Å². The number of rotatable bonds is 5. The lowest BCUT2D eigenvalue weighted by molar-refractivity contribution is -0.385. The molecule has 0 saturated heterocycles. The molecule has 0 unspecified atom stereocenters. The van der Waals surface area contributed by atoms with E-state index in [0.717, 1.165) is 0 Å². The lowest BCUT2D eigenvalue weighted by atomic mass is 10.1. The van der Waals surface area contributed by atoms with Crippen molar-refractivity contribution in [1.29, 1.82) is 0 Å². The molecule has 1 amide bonds. The van der Waals surface area contributed by atoms with Gasteiger partial charge in [-0.1, -0.05) is 29.3 Å². The molecule has 0 heterocycles. The Balaban J connectivity index is 2.00. The fourth-order valence-corrected chi connectivity index (χ4v) is 2.32. The molecular formula is C16H12Cl2N2O5. The number of nitrogens with one attached hydrogen (secondary N) is 1. The number of hydrogen-bond donors (Lipinski definition) is 1. The fourth-order valence-electron chi connectivity index (χ4n) is 2.02. The number of nitro groups is 1. The highest BCUT2D eigenvalue weighted by Crippen LogP contribution is 2.25. The Hall–Kier alpha value is -2.64. The van der Waals surface area contributed by atoms with Crippen molar-refractivity contribution in [3.05, 3.63) is 67.7 Å². The maximum absolute atomic E-state index is 12.0. The van der Waals surface area contributed by atoms with E-state index in [1.165, 1.54) is 37.3 Å². The van der Waals surface area contributed by atoms with Gasteiger partial charge in [0.15, 0.2) is 6.61 Å². The van der Waals surface area contributed by atoms with Crippen molar-refractivity contribution >= 4 is 46.5 Å². The van der Waals surface area contributed by atoms with Gasteiger partial charge in [-0.3, -0.25) is 14.9 Å². The molecular weight excluding hydrogens is 371 g/mol. The molecule has 9 heteroatoms. The summed E-state index contributed by atoms with van der Waals surface area (Å²) in [5, 5.41) is 14.0. The minimum atomic E-state index is -0.828. The predicted octanol–water partition coefficient (Wildman–Crippen LogP) is 4.01. The number of anilines is 1. The second kappa shape index (κ2) is 7.96. The normalized spacial score (nSPS) is 10.2. The number of nitro benzene ring substituents is 1. The van der Waals surface area contributed by atoms with E-state index in [1.54, 1.807) is 6.07 Å². The third-order valence-corrected chi connectivity index (χ3v) is 4.00. The molecule has 2 aromatic carbocycles. The number of carbonyl (C=O) groups is 2. The molecule has 0 aliphatic heterocycles. The topological polar surface area (TPSA) is 98.5 Å². The number of carbonyl (C=O) groups excluding carboxylic acids is 2. The summed E-state index contributed by atoms with van der Waals surface area (Å²) in [6.07, 6.45) is 0. The van der Waals surface area contributed by atoms with Gasteiger partial charge in [-0.05, 0) is 31.2 Å². The summed E-state index contributed by atoms with van der Waals surface area (Å²) < 4.78 is 4.90. The molecule has 0 aliphatic rings. The summed E-state index contributed by atoms with van der Waals surface area (Å²) in [6.45, 7) is 0.881. The summed E-state index contributed by atoms with van der Waals surface area (Å²) >= 11 is 11.6. The number of halogens is 2. The standard InChI is InChI=1S/C16H12Cl2N2O5/c1-9-11(3-2-4-14(9)20(23)24)16(22)25-8-15(21)19-10-5-6-12(17)13(18)7-10/h2-7H,8H2,1H3,(H,19,21). The van der Waals surface area contributed by atoms with E-state index in [0.29, 0.717) is 10.7 Å². The average Bonchev–Trinajstić information content (AvgIpc) is 2.56. The largest absolute Gasteiger partial charge is 0.452 e. The summed E-state index contributed by atoms with van der Waals surface area (Å²) in [4.78, 5) is 34.2. The number of hydrogen-bond acceptors (Lipinski definition) is 5. The van der Waals surface area contributed by atoms with Gasteiger partial charge in [-0.25, -0.2) is 4.79 Å². The van der Waals surface area contributed by atoms with E-state index in [-0.39, 0.29) is 21.8 Å². The highest BCUT2D eigenvalue weighted by molar-refractivity contribution is 6.42. The van der Waals surface area contributed by atoms with Gasteiger partial charge in [-0.2, -0.15) is 0 Å². The molecule has 7 nitrogen and oxygen atoms in total. The van der Waals surface area contributed by atoms with E-state index in [4.69, 9.17) is 27.9 Å². The Morgan fingerprint density at radius 2 is 1.92 bits per heavy atom. The lowest BCUT2D eigenvalue weighted by Crippen LogP contribution is -2.21. The number of ether oxygens (including phenoxy) is 1. The maximum atomic E-state index is 12.0. The summed E-state index contributed by atoms with van der Waals surface area (Å²) in [7, 11) is 0. The van der Waals surface area contributed by atoms with Crippen molar-refractivity contribution in [2.75, 3.05) is 11.9 Å². The summed E-state index contributed by atoms with van der Waals surface area (Å²) in [5.41, 5.74) is 0.385. The van der Waals surface area contributed by atoms with Crippen molar-refractivity contribution < 1.29 is 19.2 Å². The zero-order chi connectivity index (χ0) is 18.6. The zero-order valence-corrected chi connectivity index (χ0v) is 14.4. The van der Waals surface area contributed by atoms with Crippen LogP contribution in [-0.2, 0) is 9.53 Å². The van der Waals surface area contributed by atoms with Crippen LogP contribution in [0.15, 0.2) is 36.4 Å². The first-order valence-electron chi connectivity index (χ1n) is 6.95. The van der Waals surface area contributed by atoms with E-state index < -0.39 is 23.4 Å². The maximum Gasteiger partial charge on any atom is 0.339 e. The molecule has 0 aromatic heterocycles. The van der Waals surface area contributed by atoms with Gasteiger partial charge in [0.05, 0.1) is 20.5 Å². The number of esters is 1. The smallest absolute Gasteiger partial charge is 0.339 e. The molecule has 0 atom stereocenters. The lowest BCUT2D eigenvalue weighted by Gasteiger charge is -2.09. The van der Waals surface area contributed by atoms with Gasteiger partial charge in [-0.15, -0.1) is 0 Å². The Morgan fingerprint density at radius 3 is 2.56 bits per heavy atom. The molecule has 0 radical (unpaired) electrons. The van der Waals surface area contributed by atoms with Crippen LogP contribution in [0, 0.1) is 17.0 Å². The van der Waals surface area contributed by atoms with Gasteiger partial charge >= 0.3 is 5.97 Å². The molecule has 0 saturated carbocycles. The molecule has 2 rings (SSSR count). The van der Waals surface area contributed by atoms with Crippen molar-refractivity contribution in [2.45, 2.75) is 6.92 Å². The Morgan fingerprint density at radius 1 is 1.20 bits per heavy atom. The molecule has 25 heavy (non-hydrogen) atoms. The van der Waals surface area contributed by atoms with E-state index >= 15 is 0 Å². The fraction of sp³-hybridized carbons (Fsp3) is 0.125. The van der Waals surface area contributed by atoms with Crippen LogP contribution in [0.2, 0.25) is 10.0 Å². The van der Waals surface area contributed by atoms with Gasteiger partial charge in [0.25, 0.3) is 11.6 Å². The molecule has 130 valence electrons. The van der Waals surface area contributed by atoms with Gasteiger partial charge in [0.1, 0.15) is 0 Å². The molecule has 1 N–H and O–H groups in total. The number of amides is 1. The molecule has 0 bridgehead atoms. The quantitative estimate of drug-likeness (QED) is 0.478. The summed E-state index contributed by atoms with van der Waals surface area (Å²) in [5.74, 6) is -1.42. The van der Waals surface area contributed by atoms with Crippen molar-refractivity contribution in [3.8, 4) is 0 Å². The van der Waals surface area contributed by atoms with Crippen LogP contribution in [0.25, 0.3) is 0 Å². The average molecular weight is 383 g/mol. The SMILES string of the molecule is Cc1c(C(=O)OCC(=O)Nc2ccc(Cl)c(Cl)c2)cccc1[N+](=O)[O-]. The summed E-state index contributed by atoms with van der Waals surface area (Å²) in [6, 6.07) is 8.55. The van der Waals surface area contributed by atoms with Crippen molar-refractivity contribution in [3.63, 3.8) is 0 Å². The van der Waals surface area contributed by atoms with Crippen LogP contribution < -0.4 is 5.32 Å². The van der Waals surface area contributed by atoms with E-state index in [9.17, 15) is 19.7 Å². The monoisotopic (exact) mass is 382 g/mol. The van der Waals surface area contributed by atoms with Crippen LogP contribution in [0.3, 0.4) is 0 Å². The van der Waals surface area contributed by atoms with E-state index in [1.807, 2.05) is 0 Å². The highest BCUT2D eigenvalue weighted by atomic mass is 35.5. The molecule has 0 aliphatic carbocycles. The number of benzene rings is 2. The van der Waals surface area contributed by atoms with Gasteiger partial charge in [0.2, 0.25) is 0 Å². The zero-order valence-electron chi connectivity index (χ0n) is 12.9. The number of nitrogens with zero attached hydrogens (tertiary/aromatic N) is 1. The van der Waals surface area contributed by atoms with Gasteiger partial charge < -0.3 is 10.1 Å². The highest BCUT2D eigenvalue weighted by Gasteiger charge is 2.19. The Labute approximate surface area is 152 Å². The second-order valence-corrected chi connectivity index (χ2v) is 5.77.